The average Bonchev–Trinajstić information content (AvgIpc) is 3.18. The van der Waals surface area contributed by atoms with Crippen molar-refractivity contribution in [1.29, 1.82) is 0 Å². The number of nitrogens with zero attached hydrogens (tertiary/aromatic N) is 1. The van der Waals surface area contributed by atoms with Gasteiger partial charge in [0.1, 0.15) is 5.60 Å². The first-order valence-electron chi connectivity index (χ1n) is 7.90. The highest BCUT2D eigenvalue weighted by molar-refractivity contribution is 5.80. The number of amides is 2. The Morgan fingerprint density at radius 2 is 2.27 bits per heavy atom. The third kappa shape index (κ3) is 2.46. The minimum absolute atomic E-state index is 0.0851. The van der Waals surface area contributed by atoms with Gasteiger partial charge in [0.25, 0.3) is 0 Å². The molecule has 3 rings (SSSR count). The molecule has 1 unspecified atom stereocenters. The number of rotatable bonds is 4. The molecule has 2 saturated heterocycles. The van der Waals surface area contributed by atoms with E-state index in [1.165, 1.54) is 0 Å². The van der Waals surface area contributed by atoms with E-state index in [0.717, 1.165) is 19.3 Å². The Labute approximate surface area is 129 Å². The van der Waals surface area contributed by atoms with E-state index in [-0.39, 0.29) is 11.9 Å². The van der Waals surface area contributed by atoms with Crippen molar-refractivity contribution in [2.45, 2.75) is 31.3 Å². The lowest BCUT2D eigenvalue weighted by molar-refractivity contribution is -0.149. The third-order valence-corrected chi connectivity index (χ3v) is 5.65. The first-order valence-corrected chi connectivity index (χ1v) is 7.90. The Balaban J connectivity index is 1.59. The molecule has 2 amide bonds. The van der Waals surface area contributed by atoms with Crippen LogP contribution in [0.4, 0.5) is 4.79 Å². The van der Waals surface area contributed by atoms with E-state index in [9.17, 15) is 14.7 Å². The molecule has 0 spiro atoms. The summed E-state index contributed by atoms with van der Waals surface area (Å²) in [6.07, 6.45) is 3.26. The average molecular weight is 312 g/mol. The number of hydrogen-bond donors (Lipinski definition) is 2. The van der Waals surface area contributed by atoms with E-state index in [4.69, 9.17) is 9.47 Å². The SMILES string of the molecule is COC1(CNC(=O)N2C[C@@H]3CCC[C@@]3(C(=O)O)C2)CCOC1. The van der Waals surface area contributed by atoms with Crippen molar-refractivity contribution < 1.29 is 24.2 Å². The maximum Gasteiger partial charge on any atom is 0.317 e. The van der Waals surface area contributed by atoms with Gasteiger partial charge in [-0.25, -0.2) is 4.79 Å². The molecule has 3 atom stereocenters. The van der Waals surface area contributed by atoms with Gasteiger partial charge in [-0.15, -0.1) is 0 Å². The molecule has 0 radical (unpaired) electrons. The molecule has 3 aliphatic rings. The van der Waals surface area contributed by atoms with Crippen LogP contribution in [0.1, 0.15) is 25.7 Å². The zero-order valence-corrected chi connectivity index (χ0v) is 13.0. The van der Waals surface area contributed by atoms with Gasteiger partial charge in [-0.2, -0.15) is 0 Å². The number of carbonyl (C=O) groups is 2. The third-order valence-electron chi connectivity index (χ3n) is 5.65. The fraction of sp³-hybridized carbons (Fsp3) is 0.867. The predicted molar refractivity (Wildman–Crippen MR) is 77.6 cm³/mol. The maximum absolute atomic E-state index is 12.4. The number of nitrogens with one attached hydrogen (secondary N) is 1. The zero-order chi connectivity index (χ0) is 15.8. The summed E-state index contributed by atoms with van der Waals surface area (Å²) < 4.78 is 10.8. The topological polar surface area (TPSA) is 88.1 Å². The van der Waals surface area contributed by atoms with E-state index >= 15 is 0 Å². The van der Waals surface area contributed by atoms with Gasteiger partial charge in [-0.05, 0) is 18.8 Å². The lowest BCUT2D eigenvalue weighted by atomic mass is 9.81. The Morgan fingerprint density at radius 1 is 1.45 bits per heavy atom. The van der Waals surface area contributed by atoms with E-state index in [1.54, 1.807) is 12.0 Å². The molecule has 3 fully saturated rings. The van der Waals surface area contributed by atoms with Crippen molar-refractivity contribution in [3.63, 3.8) is 0 Å². The van der Waals surface area contributed by atoms with Crippen LogP contribution in [0.2, 0.25) is 0 Å². The number of carboxylic acids is 1. The van der Waals surface area contributed by atoms with Crippen LogP contribution in [0.3, 0.4) is 0 Å². The lowest BCUT2D eigenvalue weighted by Gasteiger charge is -2.28. The van der Waals surface area contributed by atoms with E-state index < -0.39 is 17.0 Å². The van der Waals surface area contributed by atoms with Gasteiger partial charge < -0.3 is 24.8 Å². The minimum atomic E-state index is -0.761. The van der Waals surface area contributed by atoms with Crippen molar-refractivity contribution >= 4 is 12.0 Å². The Bertz CT molecular complexity index is 463. The standard InChI is InChI=1S/C15H24N2O5/c1-21-14(5-6-22-10-14)8-16-13(20)17-7-11-3-2-4-15(11,9-17)12(18)19/h11H,2-10H2,1H3,(H,16,20)(H,18,19)/t11-,14?,15+/m0/s1. The van der Waals surface area contributed by atoms with Crippen LogP contribution in [0.5, 0.6) is 0 Å². The van der Waals surface area contributed by atoms with Gasteiger partial charge in [-0.1, -0.05) is 6.42 Å². The molecule has 0 aromatic heterocycles. The summed E-state index contributed by atoms with van der Waals surface area (Å²) in [6.45, 7) is 2.36. The molecule has 7 nitrogen and oxygen atoms in total. The molecule has 2 heterocycles. The smallest absolute Gasteiger partial charge is 0.317 e. The highest BCUT2D eigenvalue weighted by Crippen LogP contribution is 2.48. The van der Waals surface area contributed by atoms with Gasteiger partial charge in [0.2, 0.25) is 0 Å². The predicted octanol–water partition coefficient (Wildman–Crippen LogP) is 0.688. The van der Waals surface area contributed by atoms with Gasteiger partial charge in [0.05, 0.1) is 18.6 Å². The summed E-state index contributed by atoms with van der Waals surface area (Å²) in [5.74, 6) is -0.676. The second kappa shape index (κ2) is 5.70. The van der Waals surface area contributed by atoms with E-state index in [0.29, 0.717) is 39.3 Å². The highest BCUT2D eigenvalue weighted by Gasteiger charge is 2.55. The summed E-state index contributed by atoms with van der Waals surface area (Å²) >= 11 is 0. The number of carboxylic acid groups (broad SMARTS) is 1. The fourth-order valence-corrected chi connectivity index (χ4v) is 4.10. The van der Waals surface area contributed by atoms with Crippen LogP contribution < -0.4 is 5.32 Å². The number of urea groups is 1. The Kier molecular flexibility index (Phi) is 4.03. The summed E-state index contributed by atoms with van der Waals surface area (Å²) in [6, 6.07) is -0.196. The van der Waals surface area contributed by atoms with Crippen molar-refractivity contribution in [1.82, 2.24) is 10.2 Å². The summed E-state index contributed by atoms with van der Waals surface area (Å²) in [5, 5.41) is 12.5. The number of carbonyl (C=O) groups excluding carboxylic acids is 1. The highest BCUT2D eigenvalue weighted by atomic mass is 16.5. The van der Waals surface area contributed by atoms with Gasteiger partial charge in [0.15, 0.2) is 0 Å². The molecule has 124 valence electrons. The number of aliphatic carboxylic acids is 1. The van der Waals surface area contributed by atoms with Crippen molar-refractivity contribution in [2.75, 3.05) is 40.0 Å². The molecule has 7 heteroatoms. The minimum Gasteiger partial charge on any atom is -0.481 e. The molecule has 0 aromatic carbocycles. The molecule has 22 heavy (non-hydrogen) atoms. The van der Waals surface area contributed by atoms with Crippen LogP contribution in [0.25, 0.3) is 0 Å². The van der Waals surface area contributed by atoms with Crippen LogP contribution in [-0.2, 0) is 14.3 Å². The first-order chi connectivity index (χ1) is 10.5. The van der Waals surface area contributed by atoms with Gasteiger partial charge in [-0.3, -0.25) is 4.79 Å². The number of likely N-dealkylation sites (tertiary alicyclic amines) is 1. The number of fused-ring (bicyclic) bond motifs is 1. The summed E-state index contributed by atoms with van der Waals surface area (Å²) in [7, 11) is 1.63. The van der Waals surface area contributed by atoms with Crippen LogP contribution in [-0.4, -0.2) is 67.6 Å². The second-order valence-corrected chi connectivity index (χ2v) is 6.78. The van der Waals surface area contributed by atoms with E-state index in [2.05, 4.69) is 5.32 Å². The van der Waals surface area contributed by atoms with Crippen molar-refractivity contribution in [3.8, 4) is 0 Å². The molecule has 1 saturated carbocycles. The Hall–Kier alpha value is -1.34. The first kappa shape index (κ1) is 15.6. The molecular formula is C15H24N2O5. The van der Waals surface area contributed by atoms with Crippen LogP contribution >= 0.6 is 0 Å². The molecule has 1 aliphatic carbocycles. The van der Waals surface area contributed by atoms with Gasteiger partial charge in [0, 0.05) is 33.2 Å². The second-order valence-electron chi connectivity index (χ2n) is 6.78. The lowest BCUT2D eigenvalue weighted by Crippen LogP contribution is -2.49. The van der Waals surface area contributed by atoms with Crippen LogP contribution in [0, 0.1) is 11.3 Å². The maximum atomic E-state index is 12.4. The molecule has 0 bridgehead atoms. The molecule has 2 aliphatic heterocycles. The quantitative estimate of drug-likeness (QED) is 0.797. The Morgan fingerprint density at radius 3 is 2.86 bits per heavy atom. The normalized spacial score (nSPS) is 37.3. The number of ether oxygens (including phenoxy) is 2. The summed E-state index contributed by atoms with van der Waals surface area (Å²) in [5.41, 5.74) is -1.18. The molecule has 2 N–H and O–H groups in total. The molecule has 0 aromatic rings. The van der Waals surface area contributed by atoms with Crippen LogP contribution in [0.15, 0.2) is 0 Å². The van der Waals surface area contributed by atoms with E-state index in [1.807, 2.05) is 0 Å². The summed E-state index contributed by atoms with van der Waals surface area (Å²) in [4.78, 5) is 25.7. The van der Waals surface area contributed by atoms with Gasteiger partial charge >= 0.3 is 12.0 Å². The monoisotopic (exact) mass is 312 g/mol. The van der Waals surface area contributed by atoms with Crippen molar-refractivity contribution in [3.05, 3.63) is 0 Å². The fourth-order valence-electron chi connectivity index (χ4n) is 4.10. The number of methoxy groups -OCH3 is 1. The number of hydrogen-bond acceptors (Lipinski definition) is 4. The molecular weight excluding hydrogens is 288 g/mol. The largest absolute Gasteiger partial charge is 0.481 e. The van der Waals surface area contributed by atoms with Crippen molar-refractivity contribution in [2.24, 2.45) is 11.3 Å². The zero-order valence-electron chi connectivity index (χ0n) is 13.0.